The van der Waals surface area contributed by atoms with Crippen LogP contribution in [-0.4, -0.2) is 52.6 Å². The van der Waals surface area contributed by atoms with Crippen LogP contribution in [0.25, 0.3) is 0 Å². The lowest BCUT2D eigenvalue weighted by Crippen LogP contribution is -2.23. The van der Waals surface area contributed by atoms with Gasteiger partial charge in [0.15, 0.2) is 11.6 Å². The third kappa shape index (κ3) is 9.25. The molecule has 0 aromatic rings. The van der Waals surface area contributed by atoms with Gasteiger partial charge >= 0.3 is 11.9 Å². The Bertz CT molecular complexity index is 1100. The Morgan fingerprint density at radius 2 is 1.34 bits per heavy atom. The highest BCUT2D eigenvalue weighted by molar-refractivity contribution is 7.95. The summed E-state index contributed by atoms with van der Waals surface area (Å²) in [5.41, 5.74) is -1.68. The molecule has 2 N–H and O–H groups in total. The van der Waals surface area contributed by atoms with Crippen molar-refractivity contribution in [2.75, 3.05) is 0 Å². The Hall–Kier alpha value is -2.14. The first-order valence-corrected chi connectivity index (χ1v) is 15.4. The first-order valence-electron chi connectivity index (χ1n) is 12.9. The molecule has 38 heavy (non-hydrogen) atoms. The minimum atomic E-state index is -1.95. The molecule has 10 heteroatoms. The maximum atomic E-state index is 13.1. The SMILES string of the molecule is CC(C)(CCCCC1=CC(=O)CC(/C=C/C2=CC(=O)CC(CCCCC(C)(C)C(=O)O)=[SH+]2[O-])=[SH+]1[O-])C(=O)O. The molecule has 2 rings (SSSR count). The van der Waals surface area contributed by atoms with Gasteiger partial charge in [-0.15, -0.1) is 0 Å². The lowest BCUT2D eigenvalue weighted by Gasteiger charge is -2.21. The number of carbonyl (C=O) groups is 4. The summed E-state index contributed by atoms with van der Waals surface area (Å²) in [6, 6.07) is 0. The number of rotatable bonds is 14. The zero-order chi connectivity index (χ0) is 28.7. The summed E-state index contributed by atoms with van der Waals surface area (Å²) in [6.07, 6.45) is 10.3. The van der Waals surface area contributed by atoms with Crippen molar-refractivity contribution in [1.29, 1.82) is 0 Å². The molecule has 0 fully saturated rings. The number of hydrogen-bond acceptors (Lipinski definition) is 6. The predicted molar refractivity (Wildman–Crippen MR) is 153 cm³/mol. The van der Waals surface area contributed by atoms with Gasteiger partial charge in [-0.05, 0) is 65.5 Å². The second-order valence-electron chi connectivity index (χ2n) is 11.3. The Kier molecular flexibility index (Phi) is 11.6. The maximum absolute atomic E-state index is 13.1. The van der Waals surface area contributed by atoms with Gasteiger partial charge < -0.3 is 19.3 Å². The highest BCUT2D eigenvalue weighted by Gasteiger charge is 2.28. The molecule has 0 bridgehead atoms. The molecule has 0 aromatic heterocycles. The van der Waals surface area contributed by atoms with Gasteiger partial charge in [0.2, 0.25) is 0 Å². The number of aliphatic carboxylic acids is 2. The topological polar surface area (TPSA) is 155 Å². The normalized spacial score (nSPS) is 21.1. The van der Waals surface area contributed by atoms with Gasteiger partial charge in [-0.1, -0.05) is 12.8 Å². The summed E-state index contributed by atoms with van der Waals surface area (Å²) < 4.78 is 26.2. The zero-order valence-electron chi connectivity index (χ0n) is 22.6. The molecule has 0 spiro atoms. The highest BCUT2D eigenvalue weighted by Crippen LogP contribution is 2.27. The fraction of sp³-hybridized carbons (Fsp3) is 0.571. The molecule has 2 aliphatic heterocycles. The molecule has 0 saturated carbocycles. The number of allylic oxidation sites excluding steroid dienone is 5. The summed E-state index contributed by atoms with van der Waals surface area (Å²) in [7, 11) is -3.90. The summed E-state index contributed by atoms with van der Waals surface area (Å²) in [5, 5.41) is 18.5. The van der Waals surface area contributed by atoms with Gasteiger partial charge in [-0.25, -0.2) is 0 Å². The Balaban J connectivity index is 2.06. The third-order valence-electron chi connectivity index (χ3n) is 7.02. The van der Waals surface area contributed by atoms with Crippen LogP contribution in [0.4, 0.5) is 0 Å². The number of ketones is 2. The van der Waals surface area contributed by atoms with Crippen LogP contribution in [0, 0.1) is 10.8 Å². The fourth-order valence-electron chi connectivity index (χ4n) is 4.23. The van der Waals surface area contributed by atoms with E-state index in [0.29, 0.717) is 70.9 Å². The van der Waals surface area contributed by atoms with Crippen molar-refractivity contribution < 1.29 is 38.5 Å². The Morgan fingerprint density at radius 1 is 0.816 bits per heavy atom. The van der Waals surface area contributed by atoms with E-state index in [1.54, 1.807) is 33.8 Å². The first kappa shape index (κ1) is 32.1. The van der Waals surface area contributed by atoms with E-state index in [4.69, 9.17) is 0 Å². The second-order valence-corrected chi connectivity index (χ2v) is 14.7. The first-order chi connectivity index (χ1) is 17.6. The van der Waals surface area contributed by atoms with Crippen molar-refractivity contribution in [1.82, 2.24) is 0 Å². The highest BCUT2D eigenvalue weighted by atomic mass is 32.2. The van der Waals surface area contributed by atoms with E-state index in [1.165, 1.54) is 18.2 Å². The Labute approximate surface area is 229 Å². The summed E-state index contributed by atoms with van der Waals surface area (Å²) in [5.74, 6) is -2.07. The quantitative estimate of drug-likeness (QED) is 0.105. The molecular formula is C28H40O8S2. The third-order valence-corrected chi connectivity index (χ3v) is 10.4. The molecule has 0 aromatic carbocycles. The van der Waals surface area contributed by atoms with Crippen LogP contribution >= 0.6 is 0 Å². The second kappa shape index (κ2) is 13.8. The van der Waals surface area contributed by atoms with Gasteiger partial charge in [0, 0.05) is 25.0 Å². The smallest absolute Gasteiger partial charge is 0.309 e. The molecule has 0 saturated heterocycles. The van der Waals surface area contributed by atoms with E-state index < -0.39 is 44.3 Å². The molecule has 2 unspecified atom stereocenters. The van der Waals surface area contributed by atoms with Crippen LogP contribution in [-0.2, 0) is 40.7 Å². The Morgan fingerprint density at radius 3 is 1.89 bits per heavy atom. The van der Waals surface area contributed by atoms with Gasteiger partial charge in [-0.3, -0.25) is 19.2 Å². The van der Waals surface area contributed by atoms with Crippen molar-refractivity contribution in [3.05, 3.63) is 34.1 Å². The van der Waals surface area contributed by atoms with Gasteiger partial charge in [0.05, 0.1) is 38.3 Å². The number of carbonyl (C=O) groups excluding carboxylic acids is 2. The molecular weight excluding hydrogens is 528 g/mol. The summed E-state index contributed by atoms with van der Waals surface area (Å²) in [4.78, 5) is 49.0. The van der Waals surface area contributed by atoms with Crippen LogP contribution < -0.4 is 0 Å². The molecule has 0 aliphatic carbocycles. The molecule has 0 radical (unpaired) electrons. The lowest BCUT2D eigenvalue weighted by molar-refractivity contribution is -0.148. The van der Waals surface area contributed by atoms with Crippen molar-refractivity contribution in [2.24, 2.45) is 10.8 Å². The predicted octanol–water partition coefficient (Wildman–Crippen LogP) is 3.91. The molecule has 2 aliphatic rings. The van der Waals surface area contributed by atoms with E-state index in [-0.39, 0.29) is 24.4 Å². The van der Waals surface area contributed by atoms with Crippen LogP contribution in [0.2, 0.25) is 0 Å². The number of hydrogen-bond donors (Lipinski definition) is 2. The van der Waals surface area contributed by atoms with Crippen molar-refractivity contribution in [3.8, 4) is 0 Å². The van der Waals surface area contributed by atoms with E-state index >= 15 is 0 Å². The van der Waals surface area contributed by atoms with Gasteiger partial charge in [-0.2, -0.15) is 21.5 Å². The van der Waals surface area contributed by atoms with Crippen LogP contribution in [0.15, 0.2) is 34.1 Å². The average molecular weight is 569 g/mol. The van der Waals surface area contributed by atoms with Crippen molar-refractivity contribution in [2.45, 2.75) is 91.9 Å². The van der Waals surface area contributed by atoms with Crippen molar-refractivity contribution in [3.63, 3.8) is 0 Å². The minimum Gasteiger partial charge on any atom is -0.646 e. The zero-order valence-corrected chi connectivity index (χ0v) is 24.4. The van der Waals surface area contributed by atoms with Crippen molar-refractivity contribution >= 4 is 54.8 Å². The maximum Gasteiger partial charge on any atom is 0.309 e. The van der Waals surface area contributed by atoms with E-state index in [2.05, 4.69) is 0 Å². The molecule has 8 nitrogen and oxygen atoms in total. The molecule has 2 heterocycles. The van der Waals surface area contributed by atoms with Gasteiger partial charge in [0.25, 0.3) is 0 Å². The standard InChI is InChI=1S/C28H40O8S2/c1-27(2,25(31)32)13-7-5-9-21-15-19(29)17-23(37(21)35)11-12-24-18-20(30)16-22(38(24)36)10-6-8-14-28(3,4)26(33)34/h11-12,15,18,37-38H,5-10,13-14,16-17H2,1-4H3,(H2-2,30,31,32,33,34,35,36). The fourth-order valence-corrected chi connectivity index (χ4v) is 7.23. The van der Waals surface area contributed by atoms with Gasteiger partial charge in [0.1, 0.15) is 4.91 Å². The summed E-state index contributed by atoms with van der Waals surface area (Å²) >= 11 is 0. The monoisotopic (exact) mass is 568 g/mol. The van der Waals surface area contributed by atoms with E-state index in [0.717, 1.165) is 0 Å². The molecule has 212 valence electrons. The van der Waals surface area contributed by atoms with E-state index in [1.807, 2.05) is 0 Å². The average Bonchev–Trinajstić information content (AvgIpc) is 2.82. The number of unbranched alkanes of at least 4 members (excludes halogenated alkanes) is 2. The lowest BCUT2D eigenvalue weighted by atomic mass is 9.87. The number of carboxylic acids is 2. The largest absolute Gasteiger partial charge is 0.646 e. The molecule has 0 amide bonds. The summed E-state index contributed by atoms with van der Waals surface area (Å²) in [6.45, 7) is 6.65. The van der Waals surface area contributed by atoms with Crippen LogP contribution in [0.5, 0.6) is 0 Å². The van der Waals surface area contributed by atoms with Crippen LogP contribution in [0.3, 0.4) is 0 Å². The van der Waals surface area contributed by atoms with Crippen LogP contribution in [0.1, 0.15) is 91.9 Å². The minimum absolute atomic E-state index is 0.00477. The number of carboxylic acid groups (broad SMARTS) is 2. The number of thiol groups is 2. The molecule has 2 atom stereocenters. The van der Waals surface area contributed by atoms with E-state index in [9.17, 15) is 38.5 Å².